The fourth-order valence-electron chi connectivity index (χ4n) is 2.77. The van der Waals surface area contributed by atoms with Crippen LogP contribution in [0.25, 0.3) is 10.9 Å². The summed E-state index contributed by atoms with van der Waals surface area (Å²) in [5, 5.41) is 16.1. The van der Waals surface area contributed by atoms with Crippen molar-refractivity contribution in [2.24, 2.45) is 0 Å². The minimum atomic E-state index is -0.330. The number of amides is 1. The molecule has 1 saturated heterocycles. The van der Waals surface area contributed by atoms with Crippen LogP contribution in [-0.4, -0.2) is 43.8 Å². The molecule has 0 aliphatic carbocycles. The third kappa shape index (κ3) is 3.98. The van der Waals surface area contributed by atoms with Gasteiger partial charge in [0.1, 0.15) is 23.7 Å². The molecule has 1 fully saturated rings. The van der Waals surface area contributed by atoms with E-state index in [4.69, 9.17) is 9.47 Å². The van der Waals surface area contributed by atoms with E-state index < -0.39 is 0 Å². The maximum absolute atomic E-state index is 11.9. The molecule has 1 amide bonds. The standard InChI is InChI=1S/C18H20N4O3/c1-24-14-4-5-15-12(10-14)9-13(11-19)17(22-15)20-6-7-21-18(23)16-3-2-8-25-16/h4-5,9-10,16H,2-3,6-8H2,1H3,(H,20,22)(H,21,23). The van der Waals surface area contributed by atoms with Crippen LogP contribution in [-0.2, 0) is 9.53 Å². The highest BCUT2D eigenvalue weighted by molar-refractivity contribution is 5.84. The highest BCUT2D eigenvalue weighted by Crippen LogP contribution is 2.23. The number of carbonyl (C=O) groups excluding carboxylic acids is 1. The summed E-state index contributed by atoms with van der Waals surface area (Å²) in [6.07, 6.45) is 1.37. The molecule has 7 nitrogen and oxygen atoms in total. The van der Waals surface area contributed by atoms with E-state index >= 15 is 0 Å². The van der Waals surface area contributed by atoms with E-state index in [1.54, 1.807) is 13.2 Å². The molecular formula is C18H20N4O3. The zero-order valence-corrected chi connectivity index (χ0v) is 14.0. The Morgan fingerprint density at radius 3 is 3.04 bits per heavy atom. The molecule has 25 heavy (non-hydrogen) atoms. The second kappa shape index (κ2) is 7.81. The summed E-state index contributed by atoms with van der Waals surface area (Å²) in [5.74, 6) is 1.14. The molecule has 1 aliphatic heterocycles. The van der Waals surface area contributed by atoms with Crippen LogP contribution in [0, 0.1) is 11.3 Å². The zero-order chi connectivity index (χ0) is 17.6. The van der Waals surface area contributed by atoms with Crippen LogP contribution in [0.15, 0.2) is 24.3 Å². The predicted molar refractivity (Wildman–Crippen MR) is 93.5 cm³/mol. The first kappa shape index (κ1) is 17.0. The Morgan fingerprint density at radius 1 is 1.44 bits per heavy atom. The lowest BCUT2D eigenvalue weighted by atomic mass is 10.1. The van der Waals surface area contributed by atoms with Crippen molar-refractivity contribution < 1.29 is 14.3 Å². The van der Waals surface area contributed by atoms with Crippen molar-refractivity contribution in [1.82, 2.24) is 10.3 Å². The molecule has 1 aromatic carbocycles. The van der Waals surface area contributed by atoms with Crippen LogP contribution < -0.4 is 15.4 Å². The molecule has 1 aliphatic rings. The summed E-state index contributed by atoms with van der Waals surface area (Å²) < 4.78 is 10.5. The molecule has 0 saturated carbocycles. The number of nitriles is 1. The maximum atomic E-state index is 11.9. The van der Waals surface area contributed by atoms with Crippen molar-refractivity contribution in [1.29, 1.82) is 5.26 Å². The number of nitrogens with zero attached hydrogens (tertiary/aromatic N) is 2. The molecule has 1 atom stereocenters. The number of nitrogens with one attached hydrogen (secondary N) is 2. The third-order valence-corrected chi connectivity index (χ3v) is 4.08. The number of rotatable bonds is 6. The molecular weight excluding hydrogens is 320 g/mol. The van der Waals surface area contributed by atoms with Gasteiger partial charge in [-0.25, -0.2) is 4.98 Å². The van der Waals surface area contributed by atoms with E-state index in [1.807, 2.05) is 18.2 Å². The van der Waals surface area contributed by atoms with Crippen molar-refractivity contribution >= 4 is 22.6 Å². The Balaban J connectivity index is 1.62. The van der Waals surface area contributed by atoms with Crippen LogP contribution in [0.3, 0.4) is 0 Å². The fourth-order valence-corrected chi connectivity index (χ4v) is 2.77. The van der Waals surface area contributed by atoms with E-state index in [0.717, 1.165) is 29.5 Å². The molecule has 2 heterocycles. The molecule has 2 aromatic rings. The van der Waals surface area contributed by atoms with Crippen LogP contribution in [0.1, 0.15) is 18.4 Å². The number of ether oxygens (including phenoxy) is 2. The summed E-state index contributed by atoms with van der Waals surface area (Å²) in [5.41, 5.74) is 1.22. The molecule has 0 spiro atoms. The Morgan fingerprint density at radius 2 is 2.32 bits per heavy atom. The lowest BCUT2D eigenvalue weighted by molar-refractivity contribution is -0.129. The van der Waals surface area contributed by atoms with E-state index in [-0.39, 0.29) is 12.0 Å². The second-order valence-electron chi connectivity index (χ2n) is 5.77. The molecule has 3 rings (SSSR count). The highest BCUT2D eigenvalue weighted by atomic mass is 16.5. The summed E-state index contributed by atoms with van der Waals surface area (Å²) in [4.78, 5) is 16.4. The van der Waals surface area contributed by atoms with E-state index in [9.17, 15) is 10.1 Å². The topological polar surface area (TPSA) is 96.3 Å². The van der Waals surface area contributed by atoms with Gasteiger partial charge in [0.15, 0.2) is 0 Å². The average Bonchev–Trinajstić information content (AvgIpc) is 3.18. The quantitative estimate of drug-likeness (QED) is 0.779. The van der Waals surface area contributed by atoms with Gasteiger partial charge in [-0.15, -0.1) is 0 Å². The average molecular weight is 340 g/mol. The number of hydrogen-bond acceptors (Lipinski definition) is 6. The number of fused-ring (bicyclic) bond motifs is 1. The van der Waals surface area contributed by atoms with Crippen LogP contribution in [0.2, 0.25) is 0 Å². The lowest BCUT2D eigenvalue weighted by Gasteiger charge is -2.12. The van der Waals surface area contributed by atoms with Crippen molar-refractivity contribution in [2.45, 2.75) is 18.9 Å². The monoisotopic (exact) mass is 340 g/mol. The molecule has 1 unspecified atom stereocenters. The van der Waals surface area contributed by atoms with Crippen LogP contribution in [0.5, 0.6) is 5.75 Å². The first-order chi connectivity index (χ1) is 12.2. The number of benzene rings is 1. The van der Waals surface area contributed by atoms with Gasteiger partial charge in [0.2, 0.25) is 5.91 Å². The van der Waals surface area contributed by atoms with Crippen molar-refractivity contribution in [2.75, 3.05) is 32.1 Å². The zero-order valence-electron chi connectivity index (χ0n) is 14.0. The number of methoxy groups -OCH3 is 1. The van der Waals surface area contributed by atoms with E-state index in [2.05, 4.69) is 21.7 Å². The highest BCUT2D eigenvalue weighted by Gasteiger charge is 2.22. The van der Waals surface area contributed by atoms with Crippen molar-refractivity contribution in [3.8, 4) is 11.8 Å². The maximum Gasteiger partial charge on any atom is 0.249 e. The van der Waals surface area contributed by atoms with Gasteiger partial charge in [0.25, 0.3) is 0 Å². The molecule has 0 radical (unpaired) electrons. The summed E-state index contributed by atoms with van der Waals surface area (Å²) >= 11 is 0. The molecule has 2 N–H and O–H groups in total. The van der Waals surface area contributed by atoms with Gasteiger partial charge in [-0.05, 0) is 37.1 Å². The van der Waals surface area contributed by atoms with Gasteiger partial charge < -0.3 is 20.1 Å². The first-order valence-electron chi connectivity index (χ1n) is 8.23. The Bertz CT molecular complexity index is 810. The second-order valence-corrected chi connectivity index (χ2v) is 5.77. The predicted octanol–water partition coefficient (Wildman–Crippen LogP) is 1.82. The Hall–Kier alpha value is -2.85. The number of hydrogen-bond donors (Lipinski definition) is 2. The smallest absolute Gasteiger partial charge is 0.249 e. The van der Waals surface area contributed by atoms with Gasteiger partial charge in [-0.2, -0.15) is 5.26 Å². The Labute approximate surface area is 145 Å². The summed E-state index contributed by atoms with van der Waals surface area (Å²) in [7, 11) is 1.60. The number of aromatic nitrogens is 1. The van der Waals surface area contributed by atoms with Gasteiger partial charge in [-0.3, -0.25) is 4.79 Å². The van der Waals surface area contributed by atoms with Crippen LogP contribution in [0.4, 0.5) is 5.82 Å². The number of pyridine rings is 1. The SMILES string of the molecule is COc1ccc2nc(NCCNC(=O)C3CCCO3)c(C#N)cc2c1. The van der Waals surface area contributed by atoms with Gasteiger partial charge in [0.05, 0.1) is 18.2 Å². The Kier molecular flexibility index (Phi) is 5.31. The first-order valence-corrected chi connectivity index (χ1v) is 8.23. The minimum absolute atomic E-state index is 0.0848. The summed E-state index contributed by atoms with van der Waals surface area (Å²) in [6.45, 7) is 1.56. The normalized spacial score (nSPS) is 16.4. The molecule has 1 aromatic heterocycles. The third-order valence-electron chi connectivity index (χ3n) is 4.08. The van der Waals surface area contributed by atoms with Gasteiger partial charge >= 0.3 is 0 Å². The molecule has 0 bridgehead atoms. The van der Waals surface area contributed by atoms with Crippen LogP contribution >= 0.6 is 0 Å². The number of carbonyl (C=O) groups is 1. The largest absolute Gasteiger partial charge is 0.497 e. The fraction of sp³-hybridized carbons (Fsp3) is 0.389. The summed E-state index contributed by atoms with van der Waals surface area (Å²) in [6, 6.07) is 9.44. The molecule has 7 heteroatoms. The minimum Gasteiger partial charge on any atom is -0.497 e. The van der Waals surface area contributed by atoms with E-state index in [0.29, 0.717) is 31.1 Å². The van der Waals surface area contributed by atoms with Gasteiger partial charge in [0, 0.05) is 25.1 Å². The van der Waals surface area contributed by atoms with E-state index in [1.165, 1.54) is 0 Å². The number of anilines is 1. The van der Waals surface area contributed by atoms with Crippen molar-refractivity contribution in [3.63, 3.8) is 0 Å². The van der Waals surface area contributed by atoms with Crippen molar-refractivity contribution in [3.05, 3.63) is 29.8 Å². The molecule has 130 valence electrons. The van der Waals surface area contributed by atoms with Gasteiger partial charge in [-0.1, -0.05) is 0 Å². The lowest BCUT2D eigenvalue weighted by Crippen LogP contribution is -2.36.